The highest BCUT2D eigenvalue weighted by molar-refractivity contribution is 7.45. The Balaban J connectivity index is 1.45. The lowest BCUT2D eigenvalue weighted by Crippen LogP contribution is -2.28. The Bertz CT molecular complexity index is 855. The number of halogens is 1. The van der Waals surface area contributed by atoms with E-state index in [9.17, 15) is 14.9 Å². The Labute approximate surface area is 180 Å². The van der Waals surface area contributed by atoms with Crippen LogP contribution in [-0.4, -0.2) is 65.3 Å². The number of fused-ring (bicyclic) bond motifs is 1. The molecule has 0 radical (unpaired) electrons. The van der Waals surface area contributed by atoms with Gasteiger partial charge in [-0.2, -0.15) is 15.1 Å². The van der Waals surface area contributed by atoms with Crippen molar-refractivity contribution in [3.05, 3.63) is 11.5 Å². The largest absolute Gasteiger partial charge is 0.390 e. The third-order valence-corrected chi connectivity index (χ3v) is 6.78. The highest BCUT2D eigenvalue weighted by Crippen LogP contribution is 2.36. The van der Waals surface area contributed by atoms with Crippen LogP contribution in [-0.2, 0) is 9.47 Å². The molecule has 1 aliphatic carbocycles. The van der Waals surface area contributed by atoms with Crippen LogP contribution in [0.25, 0.3) is 11.0 Å². The zero-order valence-electron chi connectivity index (χ0n) is 16.7. The third kappa shape index (κ3) is 4.85. The number of nitrogens with one attached hydrogen (secondary N) is 1. The molecule has 3 heterocycles. The van der Waals surface area contributed by atoms with Gasteiger partial charge >= 0.3 is 0 Å². The van der Waals surface area contributed by atoms with Crippen LogP contribution in [0.4, 0.5) is 5.82 Å². The molecule has 1 saturated carbocycles. The van der Waals surface area contributed by atoms with Crippen molar-refractivity contribution < 1.29 is 24.4 Å². The quantitative estimate of drug-likeness (QED) is 0.347. The van der Waals surface area contributed by atoms with E-state index >= 15 is 0 Å². The van der Waals surface area contributed by atoms with Gasteiger partial charge in [0.25, 0.3) is 0 Å². The minimum atomic E-state index is -2.39. The monoisotopic (exact) mass is 459 g/mol. The first-order valence-electron chi connectivity index (χ1n) is 10.2. The summed E-state index contributed by atoms with van der Waals surface area (Å²) >= 11 is 6.18. The third-order valence-electron chi connectivity index (χ3n) is 5.57. The summed E-state index contributed by atoms with van der Waals surface area (Å²) in [5.74, 6) is -0.330. The van der Waals surface area contributed by atoms with E-state index in [4.69, 9.17) is 21.1 Å². The molecule has 166 valence electrons. The fourth-order valence-electron chi connectivity index (χ4n) is 4.08. The highest BCUT2D eigenvalue weighted by atomic mass is 35.5. The Kier molecular flexibility index (Phi) is 7.04. The lowest BCUT2D eigenvalue weighted by atomic mass is 10.2. The van der Waals surface area contributed by atoms with Crippen molar-refractivity contribution in [3.63, 3.8) is 0 Å². The van der Waals surface area contributed by atoms with Crippen LogP contribution in [0.15, 0.2) is 6.20 Å². The predicted molar refractivity (Wildman–Crippen MR) is 112 cm³/mol. The summed E-state index contributed by atoms with van der Waals surface area (Å²) in [7, 11) is -2.39. The SMILES string of the molecule is CC(O)C(OCC1CCC(n2ncc3c(NC4CCCC4)nc(Cl)nc32)O1)P(O)O. The van der Waals surface area contributed by atoms with Gasteiger partial charge in [0.15, 0.2) is 26.1 Å². The molecule has 4 unspecified atom stereocenters. The second-order valence-electron chi connectivity index (χ2n) is 7.87. The van der Waals surface area contributed by atoms with Crippen molar-refractivity contribution in [1.82, 2.24) is 19.7 Å². The number of ether oxygens (including phenoxy) is 2. The second kappa shape index (κ2) is 9.56. The molecule has 1 saturated heterocycles. The van der Waals surface area contributed by atoms with E-state index in [-0.39, 0.29) is 24.2 Å². The molecule has 4 N–H and O–H groups in total. The zero-order valence-corrected chi connectivity index (χ0v) is 18.3. The number of hydrogen-bond acceptors (Lipinski definition) is 9. The lowest BCUT2D eigenvalue weighted by molar-refractivity contribution is -0.0683. The van der Waals surface area contributed by atoms with E-state index < -0.39 is 20.3 Å². The number of aliphatic hydroxyl groups excluding tert-OH is 1. The van der Waals surface area contributed by atoms with Crippen molar-refractivity contribution in [2.45, 2.75) is 75.8 Å². The molecule has 2 fully saturated rings. The summed E-state index contributed by atoms with van der Waals surface area (Å²) in [5, 5.41) is 18.5. The maximum absolute atomic E-state index is 9.61. The van der Waals surface area contributed by atoms with Gasteiger partial charge in [0.2, 0.25) is 5.28 Å². The van der Waals surface area contributed by atoms with E-state index in [0.717, 1.165) is 18.2 Å². The minimum absolute atomic E-state index is 0.148. The van der Waals surface area contributed by atoms with Crippen molar-refractivity contribution >= 4 is 36.8 Å². The number of anilines is 1. The Morgan fingerprint density at radius 3 is 2.77 bits per heavy atom. The van der Waals surface area contributed by atoms with Crippen LogP contribution < -0.4 is 5.32 Å². The summed E-state index contributed by atoms with van der Waals surface area (Å²) in [6.07, 6.45) is 6.21. The van der Waals surface area contributed by atoms with E-state index in [0.29, 0.717) is 30.3 Å². The van der Waals surface area contributed by atoms with Crippen molar-refractivity contribution in [3.8, 4) is 0 Å². The number of hydrogen-bond donors (Lipinski definition) is 4. The second-order valence-corrected chi connectivity index (χ2v) is 9.36. The normalized spacial score (nSPS) is 24.7. The van der Waals surface area contributed by atoms with Crippen LogP contribution >= 0.6 is 20.0 Å². The summed E-state index contributed by atoms with van der Waals surface area (Å²) in [4.78, 5) is 27.5. The van der Waals surface area contributed by atoms with Gasteiger partial charge in [-0.1, -0.05) is 12.8 Å². The van der Waals surface area contributed by atoms with E-state index in [1.165, 1.54) is 19.8 Å². The van der Waals surface area contributed by atoms with Gasteiger partial charge in [-0.25, -0.2) is 4.68 Å². The summed E-state index contributed by atoms with van der Waals surface area (Å²) in [5.41, 5.74) is 0.609. The molecule has 4 rings (SSSR count). The molecule has 2 aliphatic rings. The molecule has 4 atom stereocenters. The summed E-state index contributed by atoms with van der Waals surface area (Å²) < 4.78 is 13.2. The molecular formula is C18H27ClN5O5P. The molecular weight excluding hydrogens is 433 g/mol. The first kappa shape index (κ1) is 22.1. The van der Waals surface area contributed by atoms with Crippen LogP contribution in [0.5, 0.6) is 0 Å². The van der Waals surface area contributed by atoms with Gasteiger partial charge in [0.1, 0.15) is 5.82 Å². The molecule has 0 bridgehead atoms. The van der Waals surface area contributed by atoms with Gasteiger partial charge in [-0.05, 0) is 44.2 Å². The first-order chi connectivity index (χ1) is 14.4. The van der Waals surface area contributed by atoms with Crippen LogP contribution in [0.3, 0.4) is 0 Å². The number of nitrogens with zero attached hydrogens (tertiary/aromatic N) is 4. The smallest absolute Gasteiger partial charge is 0.226 e. The fraction of sp³-hybridized carbons (Fsp3) is 0.722. The van der Waals surface area contributed by atoms with Gasteiger partial charge in [-0.15, -0.1) is 0 Å². The first-order valence-corrected chi connectivity index (χ1v) is 11.9. The molecule has 1 aliphatic heterocycles. The Morgan fingerprint density at radius 1 is 1.30 bits per heavy atom. The zero-order chi connectivity index (χ0) is 21.3. The van der Waals surface area contributed by atoms with Gasteiger partial charge < -0.3 is 29.7 Å². The Morgan fingerprint density at radius 2 is 2.07 bits per heavy atom. The van der Waals surface area contributed by atoms with E-state index in [1.807, 2.05) is 0 Å². The number of aromatic nitrogens is 4. The van der Waals surface area contributed by atoms with Gasteiger partial charge in [-0.3, -0.25) is 0 Å². The maximum Gasteiger partial charge on any atom is 0.226 e. The van der Waals surface area contributed by atoms with Gasteiger partial charge in [0, 0.05) is 6.04 Å². The van der Waals surface area contributed by atoms with Crippen LogP contribution in [0.2, 0.25) is 5.28 Å². The molecule has 0 aromatic carbocycles. The average molecular weight is 460 g/mol. The molecule has 30 heavy (non-hydrogen) atoms. The summed E-state index contributed by atoms with van der Waals surface area (Å²) in [6, 6.07) is 0.386. The molecule has 2 aromatic heterocycles. The summed E-state index contributed by atoms with van der Waals surface area (Å²) in [6.45, 7) is 1.61. The van der Waals surface area contributed by atoms with E-state index in [1.54, 1.807) is 10.9 Å². The minimum Gasteiger partial charge on any atom is -0.390 e. The fourth-order valence-corrected chi connectivity index (χ4v) is 4.85. The standard InChI is InChI=1S/C18H27ClN5O5P/c1-10(25)17(30(26)27)28-9-12-6-7-14(29-12)24-16-13(8-20-24)15(22-18(19)23-16)21-11-4-2-3-5-11/h8,10-12,14,17,25-27H,2-7,9H2,1H3,(H,21,22,23). The van der Waals surface area contributed by atoms with Crippen molar-refractivity contribution in [1.29, 1.82) is 0 Å². The van der Waals surface area contributed by atoms with E-state index in [2.05, 4.69) is 20.4 Å². The number of aliphatic hydroxyl groups is 1. The molecule has 12 heteroatoms. The van der Waals surface area contributed by atoms with Gasteiger partial charge in [0.05, 0.1) is 30.4 Å². The molecule has 10 nitrogen and oxygen atoms in total. The molecule has 0 amide bonds. The average Bonchev–Trinajstić information content (AvgIpc) is 3.41. The van der Waals surface area contributed by atoms with Crippen molar-refractivity contribution in [2.24, 2.45) is 0 Å². The maximum atomic E-state index is 9.61. The topological polar surface area (TPSA) is 135 Å². The molecule has 0 spiro atoms. The molecule has 2 aromatic rings. The lowest BCUT2D eigenvalue weighted by Gasteiger charge is -2.23. The van der Waals surface area contributed by atoms with Crippen molar-refractivity contribution in [2.75, 3.05) is 11.9 Å². The number of rotatable bonds is 8. The van der Waals surface area contributed by atoms with Crippen LogP contribution in [0, 0.1) is 0 Å². The Hall–Kier alpha value is -1.13. The predicted octanol–water partition coefficient (Wildman–Crippen LogP) is 2.53. The van der Waals surface area contributed by atoms with Crippen LogP contribution in [0.1, 0.15) is 51.7 Å². The highest BCUT2D eigenvalue weighted by Gasteiger charge is 2.32.